The van der Waals surface area contributed by atoms with Crippen LogP contribution < -0.4 is 10.6 Å². The van der Waals surface area contributed by atoms with E-state index in [1.54, 1.807) is 7.05 Å². The first kappa shape index (κ1) is 18.5. The van der Waals surface area contributed by atoms with E-state index in [4.69, 9.17) is 0 Å². The summed E-state index contributed by atoms with van der Waals surface area (Å²) in [6.45, 7) is 1.86. The zero-order valence-electron chi connectivity index (χ0n) is 13.8. The van der Waals surface area contributed by atoms with E-state index in [1.165, 1.54) is 12.1 Å². The van der Waals surface area contributed by atoms with Gasteiger partial charge in [0.1, 0.15) is 0 Å². The van der Waals surface area contributed by atoms with Crippen molar-refractivity contribution < 1.29 is 13.2 Å². The Morgan fingerprint density at radius 3 is 2.40 bits per heavy atom. The Kier molecular flexibility index (Phi) is 6.52. The van der Waals surface area contributed by atoms with Crippen LogP contribution in [0.15, 0.2) is 53.8 Å². The zero-order valence-corrected chi connectivity index (χ0v) is 13.8. The molecule has 132 valence electrons. The molecule has 0 aliphatic rings. The van der Waals surface area contributed by atoms with Gasteiger partial charge in [-0.1, -0.05) is 11.8 Å². The van der Waals surface area contributed by atoms with E-state index in [0.717, 1.165) is 18.7 Å². The summed E-state index contributed by atoms with van der Waals surface area (Å²) < 4.78 is 39.5. The first-order chi connectivity index (χ1) is 12.0. The van der Waals surface area contributed by atoms with Crippen molar-refractivity contribution in [1.29, 1.82) is 0 Å². The van der Waals surface area contributed by atoms with Gasteiger partial charge in [0, 0.05) is 38.1 Å². The molecule has 1 aromatic carbocycles. The average molecular weight is 348 g/mol. The maximum Gasteiger partial charge on any atom is 0.416 e. The fraction of sp³-hybridized carbons (Fsp3) is 0.278. The van der Waals surface area contributed by atoms with E-state index < -0.39 is 11.7 Å². The molecule has 0 unspecified atom stereocenters. The average Bonchev–Trinajstić information content (AvgIpc) is 3.10. The summed E-state index contributed by atoms with van der Waals surface area (Å²) >= 11 is 0. The molecule has 0 aliphatic heterocycles. The summed E-state index contributed by atoms with van der Waals surface area (Å²) in [6.07, 6.45) is -0.368. The summed E-state index contributed by atoms with van der Waals surface area (Å²) in [7, 11) is 1.66. The molecule has 25 heavy (non-hydrogen) atoms. The van der Waals surface area contributed by atoms with Gasteiger partial charge in [-0.15, -0.1) is 0 Å². The minimum absolute atomic E-state index is 0.338. The minimum Gasteiger partial charge on any atom is -0.355 e. The van der Waals surface area contributed by atoms with Gasteiger partial charge in [0.05, 0.1) is 12.1 Å². The summed E-state index contributed by atoms with van der Waals surface area (Å²) in [6, 6.07) is 8.70. The van der Waals surface area contributed by atoms with Gasteiger partial charge in [-0.2, -0.15) is 13.2 Å². The van der Waals surface area contributed by atoms with Crippen LogP contribution in [-0.2, 0) is 12.7 Å². The third-order valence-corrected chi connectivity index (χ3v) is 3.34. The number of hydrogen-bond donors (Lipinski definition) is 2. The third-order valence-electron chi connectivity index (χ3n) is 3.34. The molecule has 0 bridgehead atoms. The van der Waals surface area contributed by atoms with Gasteiger partial charge in [0.25, 0.3) is 0 Å². The largest absolute Gasteiger partial charge is 0.416 e. The molecule has 2 aromatic rings. The molecule has 0 spiro atoms. The summed E-state index contributed by atoms with van der Waals surface area (Å²) in [5.74, 6) is 6.29. The fourth-order valence-electron chi connectivity index (χ4n) is 2.06. The highest BCUT2D eigenvalue weighted by Gasteiger charge is 2.29. The summed E-state index contributed by atoms with van der Waals surface area (Å²) in [5.41, 5.74) is -0.145. The van der Waals surface area contributed by atoms with Crippen molar-refractivity contribution in [2.24, 2.45) is 4.99 Å². The van der Waals surface area contributed by atoms with Crippen LogP contribution in [0.25, 0.3) is 0 Å². The Balaban J connectivity index is 1.76. The lowest BCUT2D eigenvalue weighted by molar-refractivity contribution is -0.137. The van der Waals surface area contributed by atoms with E-state index in [0.29, 0.717) is 24.6 Å². The Morgan fingerprint density at radius 2 is 1.80 bits per heavy atom. The standard InChI is InChI=1S/C18H19F3N4/c1-22-17(24-11-14-25-12-2-3-13-25)23-10-4-5-15-6-8-16(9-7-15)18(19,20)21/h2-3,6-9,12-13H,10-11,14H2,1H3,(H2,22,23,24). The van der Waals surface area contributed by atoms with Crippen molar-refractivity contribution in [3.05, 3.63) is 59.9 Å². The summed E-state index contributed by atoms with van der Waals surface area (Å²) in [4.78, 5) is 4.08. The van der Waals surface area contributed by atoms with Crippen LogP contribution in [0.4, 0.5) is 13.2 Å². The second-order valence-electron chi connectivity index (χ2n) is 5.15. The summed E-state index contributed by atoms with van der Waals surface area (Å²) in [5, 5.41) is 6.19. The van der Waals surface area contributed by atoms with Gasteiger partial charge in [-0.05, 0) is 36.4 Å². The van der Waals surface area contributed by atoms with Gasteiger partial charge in [0.15, 0.2) is 5.96 Å². The lowest BCUT2D eigenvalue weighted by Gasteiger charge is -2.10. The van der Waals surface area contributed by atoms with E-state index in [-0.39, 0.29) is 0 Å². The number of nitrogens with one attached hydrogen (secondary N) is 2. The third kappa shape index (κ3) is 6.26. The molecular formula is C18H19F3N4. The molecule has 0 radical (unpaired) electrons. The Bertz CT molecular complexity index is 735. The number of guanidine groups is 1. The first-order valence-corrected chi connectivity index (χ1v) is 7.70. The highest BCUT2D eigenvalue weighted by atomic mass is 19.4. The number of rotatable bonds is 4. The SMILES string of the molecule is CN=C(NCC#Cc1ccc(C(F)(F)F)cc1)NCCn1cccc1. The molecule has 2 rings (SSSR count). The molecule has 4 nitrogen and oxygen atoms in total. The lowest BCUT2D eigenvalue weighted by atomic mass is 10.1. The molecular weight excluding hydrogens is 329 g/mol. The Hall–Kier alpha value is -2.88. The smallest absolute Gasteiger partial charge is 0.355 e. The van der Waals surface area contributed by atoms with Gasteiger partial charge < -0.3 is 15.2 Å². The molecule has 1 aromatic heterocycles. The highest BCUT2D eigenvalue weighted by molar-refractivity contribution is 5.79. The Morgan fingerprint density at radius 1 is 1.12 bits per heavy atom. The van der Waals surface area contributed by atoms with Crippen molar-refractivity contribution in [1.82, 2.24) is 15.2 Å². The van der Waals surface area contributed by atoms with Crippen LogP contribution in [0.3, 0.4) is 0 Å². The Labute approximate surface area is 144 Å². The number of aromatic nitrogens is 1. The van der Waals surface area contributed by atoms with E-state index >= 15 is 0 Å². The van der Waals surface area contributed by atoms with Crippen LogP contribution >= 0.6 is 0 Å². The van der Waals surface area contributed by atoms with E-state index in [9.17, 15) is 13.2 Å². The van der Waals surface area contributed by atoms with Crippen molar-refractivity contribution >= 4 is 5.96 Å². The van der Waals surface area contributed by atoms with E-state index in [2.05, 4.69) is 27.5 Å². The predicted octanol–water partition coefficient (Wildman–Crippen LogP) is 2.72. The molecule has 0 amide bonds. The van der Waals surface area contributed by atoms with E-state index in [1.807, 2.05) is 29.1 Å². The maximum absolute atomic E-state index is 12.5. The van der Waals surface area contributed by atoms with Gasteiger partial charge in [-0.3, -0.25) is 4.99 Å². The zero-order chi connectivity index (χ0) is 18.1. The van der Waals surface area contributed by atoms with Gasteiger partial charge >= 0.3 is 6.18 Å². The quantitative estimate of drug-likeness (QED) is 0.507. The lowest BCUT2D eigenvalue weighted by Crippen LogP contribution is -2.38. The number of alkyl halides is 3. The van der Waals surface area contributed by atoms with Crippen LogP contribution in [-0.4, -0.2) is 30.7 Å². The molecule has 7 heteroatoms. The van der Waals surface area contributed by atoms with Crippen LogP contribution in [0.2, 0.25) is 0 Å². The maximum atomic E-state index is 12.5. The number of nitrogens with zero attached hydrogens (tertiary/aromatic N) is 2. The molecule has 0 atom stereocenters. The normalized spacial score (nSPS) is 11.6. The second kappa shape index (κ2) is 8.83. The number of benzene rings is 1. The highest BCUT2D eigenvalue weighted by Crippen LogP contribution is 2.28. The monoisotopic (exact) mass is 348 g/mol. The topological polar surface area (TPSA) is 41.4 Å². The van der Waals surface area contributed by atoms with Crippen molar-refractivity contribution in [2.45, 2.75) is 12.7 Å². The molecule has 2 N–H and O–H groups in total. The number of halogens is 3. The molecule has 0 aliphatic carbocycles. The number of hydrogen-bond acceptors (Lipinski definition) is 1. The predicted molar refractivity (Wildman–Crippen MR) is 92.1 cm³/mol. The van der Waals surface area contributed by atoms with Crippen LogP contribution in [0.1, 0.15) is 11.1 Å². The molecule has 0 saturated carbocycles. The molecule has 0 fully saturated rings. The van der Waals surface area contributed by atoms with Crippen molar-refractivity contribution in [3.63, 3.8) is 0 Å². The van der Waals surface area contributed by atoms with Crippen LogP contribution in [0.5, 0.6) is 0 Å². The second-order valence-corrected chi connectivity index (χ2v) is 5.15. The van der Waals surface area contributed by atoms with Crippen molar-refractivity contribution in [3.8, 4) is 11.8 Å². The van der Waals surface area contributed by atoms with Gasteiger partial charge in [-0.25, -0.2) is 0 Å². The van der Waals surface area contributed by atoms with Crippen molar-refractivity contribution in [2.75, 3.05) is 20.1 Å². The molecule has 0 saturated heterocycles. The molecule has 1 heterocycles. The first-order valence-electron chi connectivity index (χ1n) is 7.70. The fourth-order valence-corrected chi connectivity index (χ4v) is 2.06. The van der Waals surface area contributed by atoms with Crippen LogP contribution in [0, 0.1) is 11.8 Å². The minimum atomic E-state index is -4.33. The van der Waals surface area contributed by atoms with Gasteiger partial charge in [0.2, 0.25) is 0 Å². The number of aliphatic imine (C=N–C) groups is 1.